The molecule has 0 bridgehead atoms. The van der Waals surface area contributed by atoms with Crippen LogP contribution >= 0.6 is 11.6 Å². The Kier molecular flexibility index (Phi) is 5.01. The highest BCUT2D eigenvalue weighted by molar-refractivity contribution is 6.29. The van der Waals surface area contributed by atoms with Gasteiger partial charge in [0, 0.05) is 11.6 Å². The van der Waals surface area contributed by atoms with Gasteiger partial charge in [0.1, 0.15) is 5.15 Å². The zero-order valence-electron chi connectivity index (χ0n) is 16.5. The van der Waals surface area contributed by atoms with Crippen LogP contribution in [0.15, 0.2) is 59.8 Å². The van der Waals surface area contributed by atoms with Gasteiger partial charge in [-0.05, 0) is 47.9 Å². The third kappa shape index (κ3) is 3.38. The molecule has 1 aliphatic carbocycles. The normalized spacial score (nSPS) is 19.4. The molecule has 5 rings (SSSR count). The SMILES string of the molecule is O=c1c2cc(Cc3ccc(Cl)nc3)c3ccccc3c2ncn1C1CCCCC1O. The van der Waals surface area contributed by atoms with E-state index in [0.717, 1.165) is 47.6 Å². The van der Waals surface area contributed by atoms with Crippen LogP contribution in [0.5, 0.6) is 0 Å². The molecule has 5 nitrogen and oxygen atoms in total. The first-order valence-corrected chi connectivity index (χ1v) is 10.7. The molecule has 2 atom stereocenters. The van der Waals surface area contributed by atoms with E-state index in [2.05, 4.69) is 16.0 Å². The zero-order valence-corrected chi connectivity index (χ0v) is 17.2. The number of hydrogen-bond acceptors (Lipinski definition) is 4. The fraction of sp³-hybridized carbons (Fsp3) is 0.292. The zero-order chi connectivity index (χ0) is 20.7. The molecule has 4 aromatic rings. The quantitative estimate of drug-likeness (QED) is 0.387. The van der Waals surface area contributed by atoms with Crippen molar-refractivity contribution in [3.63, 3.8) is 0 Å². The van der Waals surface area contributed by atoms with Crippen LogP contribution in [0, 0.1) is 0 Å². The summed E-state index contributed by atoms with van der Waals surface area (Å²) in [6.07, 6.45) is 7.04. The summed E-state index contributed by atoms with van der Waals surface area (Å²) in [5.41, 5.74) is 2.68. The summed E-state index contributed by atoms with van der Waals surface area (Å²) < 4.78 is 1.63. The lowest BCUT2D eigenvalue weighted by Gasteiger charge is -2.29. The maximum atomic E-state index is 13.4. The highest BCUT2D eigenvalue weighted by Crippen LogP contribution is 2.30. The second kappa shape index (κ2) is 7.82. The molecule has 30 heavy (non-hydrogen) atoms. The average Bonchev–Trinajstić information content (AvgIpc) is 2.77. The van der Waals surface area contributed by atoms with E-state index >= 15 is 0 Å². The first-order chi connectivity index (χ1) is 14.6. The molecule has 1 N–H and O–H groups in total. The van der Waals surface area contributed by atoms with Gasteiger partial charge in [-0.1, -0.05) is 54.8 Å². The minimum absolute atomic E-state index is 0.0906. The van der Waals surface area contributed by atoms with Gasteiger partial charge in [-0.2, -0.15) is 0 Å². The van der Waals surface area contributed by atoms with Gasteiger partial charge in [-0.25, -0.2) is 9.97 Å². The third-order valence-corrected chi connectivity index (χ3v) is 6.34. The van der Waals surface area contributed by atoms with Crippen molar-refractivity contribution in [3.8, 4) is 0 Å². The van der Waals surface area contributed by atoms with E-state index in [0.29, 0.717) is 22.5 Å². The minimum atomic E-state index is -0.504. The molecule has 2 aromatic heterocycles. The molecule has 2 heterocycles. The van der Waals surface area contributed by atoms with Crippen molar-refractivity contribution in [3.05, 3.63) is 81.6 Å². The summed E-state index contributed by atoms with van der Waals surface area (Å²) in [6, 6.07) is 13.5. The topological polar surface area (TPSA) is 68.0 Å². The predicted octanol–water partition coefficient (Wildman–Crippen LogP) is 4.66. The van der Waals surface area contributed by atoms with Crippen LogP contribution in [-0.4, -0.2) is 25.7 Å². The molecule has 0 aliphatic heterocycles. The maximum absolute atomic E-state index is 13.4. The largest absolute Gasteiger partial charge is 0.391 e. The van der Waals surface area contributed by atoms with Crippen molar-refractivity contribution in [2.45, 2.75) is 44.2 Å². The van der Waals surface area contributed by atoms with Crippen LogP contribution in [0.25, 0.3) is 21.7 Å². The van der Waals surface area contributed by atoms with E-state index in [1.165, 1.54) is 0 Å². The number of nitrogens with zero attached hydrogens (tertiary/aromatic N) is 3. The van der Waals surface area contributed by atoms with Gasteiger partial charge in [0.25, 0.3) is 5.56 Å². The summed E-state index contributed by atoms with van der Waals surface area (Å²) in [7, 11) is 0. The van der Waals surface area contributed by atoms with Gasteiger partial charge in [0.05, 0.1) is 29.4 Å². The van der Waals surface area contributed by atoms with E-state index < -0.39 is 6.10 Å². The van der Waals surface area contributed by atoms with E-state index in [1.807, 2.05) is 30.3 Å². The lowest BCUT2D eigenvalue weighted by molar-refractivity contribution is 0.0735. The number of aliphatic hydroxyl groups excluding tert-OH is 1. The average molecular weight is 420 g/mol. The van der Waals surface area contributed by atoms with Crippen molar-refractivity contribution in [2.75, 3.05) is 0 Å². The Morgan fingerprint density at radius 1 is 1.03 bits per heavy atom. The van der Waals surface area contributed by atoms with Gasteiger partial charge in [0.2, 0.25) is 0 Å². The predicted molar refractivity (Wildman–Crippen MR) is 119 cm³/mol. The Bertz CT molecular complexity index is 1280. The number of pyridine rings is 1. The Labute approximate surface area is 179 Å². The van der Waals surface area contributed by atoms with Crippen molar-refractivity contribution in [2.24, 2.45) is 0 Å². The van der Waals surface area contributed by atoms with Gasteiger partial charge in [0.15, 0.2) is 0 Å². The lowest BCUT2D eigenvalue weighted by Crippen LogP contribution is -2.34. The summed E-state index contributed by atoms with van der Waals surface area (Å²) in [5.74, 6) is 0. The molecular weight excluding hydrogens is 398 g/mol. The van der Waals surface area contributed by atoms with Crippen LogP contribution in [0.3, 0.4) is 0 Å². The molecule has 2 unspecified atom stereocenters. The Morgan fingerprint density at radius 3 is 2.60 bits per heavy atom. The van der Waals surface area contributed by atoms with Crippen LogP contribution in [0.2, 0.25) is 5.15 Å². The molecule has 2 aromatic carbocycles. The van der Waals surface area contributed by atoms with Crippen molar-refractivity contribution < 1.29 is 5.11 Å². The van der Waals surface area contributed by atoms with Crippen molar-refractivity contribution in [1.29, 1.82) is 0 Å². The number of halogens is 1. The van der Waals surface area contributed by atoms with Gasteiger partial charge >= 0.3 is 0 Å². The first kappa shape index (κ1) is 19.2. The first-order valence-electron chi connectivity index (χ1n) is 10.3. The van der Waals surface area contributed by atoms with Gasteiger partial charge < -0.3 is 5.11 Å². The second-order valence-corrected chi connectivity index (χ2v) is 8.41. The summed E-state index contributed by atoms with van der Waals surface area (Å²) in [5, 5.41) is 13.5. The molecule has 152 valence electrons. The highest BCUT2D eigenvalue weighted by atomic mass is 35.5. The smallest absolute Gasteiger partial charge is 0.261 e. The van der Waals surface area contributed by atoms with Gasteiger partial charge in [-0.15, -0.1) is 0 Å². The molecule has 0 spiro atoms. The summed E-state index contributed by atoms with van der Waals surface area (Å²) in [4.78, 5) is 22.3. The van der Waals surface area contributed by atoms with Gasteiger partial charge in [-0.3, -0.25) is 9.36 Å². The fourth-order valence-electron chi connectivity index (χ4n) is 4.58. The van der Waals surface area contributed by atoms with Crippen molar-refractivity contribution >= 4 is 33.3 Å². The molecular formula is C24H22ClN3O2. The second-order valence-electron chi connectivity index (χ2n) is 8.02. The lowest BCUT2D eigenvalue weighted by atomic mass is 9.92. The minimum Gasteiger partial charge on any atom is -0.391 e. The van der Waals surface area contributed by atoms with Crippen molar-refractivity contribution in [1.82, 2.24) is 14.5 Å². The molecule has 1 fully saturated rings. The number of rotatable bonds is 3. The molecule has 6 heteroatoms. The number of aliphatic hydroxyl groups is 1. The molecule has 1 saturated carbocycles. The molecule has 0 amide bonds. The van der Waals surface area contributed by atoms with Crippen LogP contribution in [-0.2, 0) is 6.42 Å². The number of aromatic nitrogens is 3. The van der Waals surface area contributed by atoms with E-state index in [9.17, 15) is 9.90 Å². The van der Waals surface area contributed by atoms with Crippen LogP contribution < -0.4 is 5.56 Å². The van der Waals surface area contributed by atoms with E-state index in [4.69, 9.17) is 11.6 Å². The van der Waals surface area contributed by atoms with E-state index in [-0.39, 0.29) is 11.6 Å². The fourth-order valence-corrected chi connectivity index (χ4v) is 4.69. The summed E-state index contributed by atoms with van der Waals surface area (Å²) in [6.45, 7) is 0. The molecule has 1 aliphatic rings. The number of benzene rings is 2. The summed E-state index contributed by atoms with van der Waals surface area (Å²) >= 11 is 5.93. The number of hydrogen-bond donors (Lipinski definition) is 1. The molecule has 0 saturated heterocycles. The third-order valence-electron chi connectivity index (χ3n) is 6.11. The Hall–Kier alpha value is -2.76. The standard InChI is InChI=1S/C24H22ClN3O2/c25-22-10-9-15(13-26-22)11-16-12-19-23(18-6-2-1-5-17(16)18)27-14-28(24(19)30)20-7-3-4-8-21(20)29/h1-2,5-6,9-10,12-14,20-21,29H,3-4,7-8,11H2. The number of fused-ring (bicyclic) bond motifs is 3. The van der Waals surface area contributed by atoms with Crippen LogP contribution in [0.1, 0.15) is 42.9 Å². The monoisotopic (exact) mass is 419 g/mol. The van der Waals surface area contributed by atoms with E-state index in [1.54, 1.807) is 23.2 Å². The highest BCUT2D eigenvalue weighted by Gasteiger charge is 2.26. The Balaban J connectivity index is 1.70. The van der Waals surface area contributed by atoms with Crippen LogP contribution in [0.4, 0.5) is 0 Å². The maximum Gasteiger partial charge on any atom is 0.261 e. The molecule has 0 radical (unpaired) electrons. The Morgan fingerprint density at radius 2 is 1.83 bits per heavy atom.